The maximum atomic E-state index is 9.58. The Hall–Kier alpha value is -1.13. The predicted octanol–water partition coefficient (Wildman–Crippen LogP) is 1.62. The average Bonchev–Trinajstić information content (AvgIpc) is 2.77. The minimum Gasteiger partial charge on any atom is -0.393 e. The second kappa shape index (κ2) is 5.98. The van der Waals surface area contributed by atoms with Gasteiger partial charge in [0, 0.05) is 24.5 Å². The van der Waals surface area contributed by atoms with Crippen molar-refractivity contribution in [1.29, 1.82) is 0 Å². The van der Waals surface area contributed by atoms with Crippen LogP contribution in [0, 0.1) is 5.92 Å². The number of nitrogens with zero attached hydrogens (tertiary/aromatic N) is 2. The lowest BCUT2D eigenvalue weighted by atomic mass is 9.87. The van der Waals surface area contributed by atoms with Crippen molar-refractivity contribution < 1.29 is 5.11 Å². The smallest absolute Gasteiger partial charge is 0.0543 e. The van der Waals surface area contributed by atoms with Gasteiger partial charge < -0.3 is 10.4 Å². The molecule has 1 aromatic rings. The van der Waals surface area contributed by atoms with Crippen LogP contribution in [0.1, 0.15) is 31.2 Å². The highest BCUT2D eigenvalue weighted by molar-refractivity contribution is 5.17. The van der Waals surface area contributed by atoms with Crippen LogP contribution >= 0.6 is 0 Å². The Bertz CT molecular complexity index is 361. The first-order valence-corrected chi connectivity index (χ1v) is 6.32. The zero-order chi connectivity index (χ0) is 12.1. The molecule has 0 bridgehead atoms. The molecule has 94 valence electrons. The summed E-state index contributed by atoms with van der Waals surface area (Å²) in [7, 11) is 0. The van der Waals surface area contributed by atoms with Gasteiger partial charge in [-0.2, -0.15) is 5.10 Å². The Morgan fingerprint density at radius 2 is 2.47 bits per heavy atom. The summed E-state index contributed by atoms with van der Waals surface area (Å²) in [5, 5.41) is 17.1. The van der Waals surface area contributed by atoms with Gasteiger partial charge in [-0.25, -0.2) is 4.68 Å². The van der Waals surface area contributed by atoms with E-state index >= 15 is 0 Å². The van der Waals surface area contributed by atoms with Gasteiger partial charge in [0.2, 0.25) is 0 Å². The maximum Gasteiger partial charge on any atom is 0.0543 e. The zero-order valence-corrected chi connectivity index (χ0v) is 10.2. The fourth-order valence-corrected chi connectivity index (χ4v) is 2.44. The molecule has 4 heteroatoms. The van der Waals surface area contributed by atoms with E-state index in [1.807, 2.05) is 12.4 Å². The molecule has 0 saturated heterocycles. The third kappa shape index (κ3) is 3.68. The molecule has 2 atom stereocenters. The van der Waals surface area contributed by atoms with Gasteiger partial charge in [-0.1, -0.05) is 13.0 Å². The molecule has 0 spiro atoms. The maximum absolute atomic E-state index is 9.58. The second-order valence-electron chi connectivity index (χ2n) is 4.83. The van der Waals surface area contributed by atoms with Gasteiger partial charge in [0.25, 0.3) is 0 Å². The van der Waals surface area contributed by atoms with Gasteiger partial charge in [0.05, 0.1) is 12.3 Å². The van der Waals surface area contributed by atoms with Crippen LogP contribution in [-0.4, -0.2) is 27.5 Å². The van der Waals surface area contributed by atoms with Crippen LogP contribution in [0.25, 0.3) is 6.20 Å². The minimum absolute atomic E-state index is 0.0842. The fourth-order valence-electron chi connectivity index (χ4n) is 2.44. The van der Waals surface area contributed by atoms with Crippen LogP contribution < -0.4 is 5.32 Å². The lowest BCUT2D eigenvalue weighted by Crippen LogP contribution is -2.28. The van der Waals surface area contributed by atoms with Crippen molar-refractivity contribution in [2.24, 2.45) is 5.92 Å². The lowest BCUT2D eigenvalue weighted by Gasteiger charge is -2.25. The number of hydrogen-bond acceptors (Lipinski definition) is 3. The number of aliphatic hydroxyl groups is 1. The van der Waals surface area contributed by atoms with Crippen LogP contribution in [0.5, 0.6) is 0 Å². The molecule has 0 aliphatic heterocycles. The highest BCUT2D eigenvalue weighted by Crippen LogP contribution is 2.23. The first-order chi connectivity index (χ1) is 8.28. The van der Waals surface area contributed by atoms with E-state index in [2.05, 4.69) is 17.0 Å². The highest BCUT2D eigenvalue weighted by atomic mass is 16.3. The number of hydrogen-bond donors (Lipinski definition) is 2. The van der Waals surface area contributed by atoms with Crippen molar-refractivity contribution in [3.05, 3.63) is 24.5 Å². The predicted molar refractivity (Wildman–Crippen MR) is 68.3 cm³/mol. The molecule has 2 N–H and O–H groups in total. The van der Waals surface area contributed by atoms with Gasteiger partial charge >= 0.3 is 0 Å². The minimum atomic E-state index is -0.0842. The molecule has 1 aliphatic rings. The standard InChI is InChI=1S/C13H21N3O/c1-2-16-10-12(9-15-16)8-14-7-11-4-3-5-13(17)6-11/h2,9-11,13-14,17H,1,3-8H2. The molecule has 1 aromatic heterocycles. The Labute approximate surface area is 102 Å². The summed E-state index contributed by atoms with van der Waals surface area (Å²) >= 11 is 0. The Kier molecular flexibility index (Phi) is 4.34. The SMILES string of the molecule is C=Cn1cc(CNCC2CCCC(O)C2)cn1. The summed E-state index contributed by atoms with van der Waals surface area (Å²) in [5.41, 5.74) is 1.17. The van der Waals surface area contributed by atoms with Crippen molar-refractivity contribution >= 4 is 6.20 Å². The number of aromatic nitrogens is 2. The number of rotatable bonds is 5. The Balaban J connectivity index is 1.70. The van der Waals surface area contributed by atoms with Crippen molar-refractivity contribution in [3.63, 3.8) is 0 Å². The molecule has 17 heavy (non-hydrogen) atoms. The van der Waals surface area contributed by atoms with Crippen LogP contribution in [0.2, 0.25) is 0 Å². The van der Waals surface area contributed by atoms with Gasteiger partial charge in [0.1, 0.15) is 0 Å². The zero-order valence-electron chi connectivity index (χ0n) is 10.2. The summed E-state index contributed by atoms with van der Waals surface area (Å²) in [6, 6.07) is 0. The van der Waals surface area contributed by atoms with Crippen LogP contribution in [-0.2, 0) is 6.54 Å². The number of nitrogens with one attached hydrogen (secondary N) is 1. The summed E-state index contributed by atoms with van der Waals surface area (Å²) in [4.78, 5) is 0. The van der Waals surface area contributed by atoms with Gasteiger partial charge in [-0.15, -0.1) is 0 Å². The molecule has 1 aliphatic carbocycles. The van der Waals surface area contributed by atoms with E-state index in [1.165, 1.54) is 12.0 Å². The first kappa shape index (κ1) is 12.3. The lowest BCUT2D eigenvalue weighted by molar-refractivity contribution is 0.101. The monoisotopic (exact) mass is 235 g/mol. The van der Waals surface area contributed by atoms with Crippen molar-refractivity contribution in [3.8, 4) is 0 Å². The highest BCUT2D eigenvalue weighted by Gasteiger charge is 2.19. The number of aliphatic hydroxyl groups excluding tert-OH is 1. The van der Waals surface area contributed by atoms with Gasteiger partial charge in [0.15, 0.2) is 0 Å². The van der Waals surface area contributed by atoms with Crippen LogP contribution in [0.4, 0.5) is 0 Å². The molecule has 2 rings (SSSR count). The van der Waals surface area contributed by atoms with Crippen LogP contribution in [0.3, 0.4) is 0 Å². The molecule has 1 fully saturated rings. The Morgan fingerprint density at radius 1 is 1.59 bits per heavy atom. The molecule has 1 saturated carbocycles. The van der Waals surface area contributed by atoms with E-state index in [-0.39, 0.29) is 6.10 Å². The summed E-state index contributed by atoms with van der Waals surface area (Å²) in [6.07, 6.45) is 9.72. The average molecular weight is 235 g/mol. The summed E-state index contributed by atoms with van der Waals surface area (Å²) in [6.45, 7) is 5.47. The molecule has 0 aromatic carbocycles. The van der Waals surface area contributed by atoms with Crippen molar-refractivity contribution in [2.45, 2.75) is 38.3 Å². The summed E-state index contributed by atoms with van der Waals surface area (Å²) < 4.78 is 1.71. The van der Waals surface area contributed by atoms with E-state index in [0.29, 0.717) is 5.92 Å². The third-order valence-electron chi connectivity index (χ3n) is 3.36. The molecule has 0 radical (unpaired) electrons. The van der Waals surface area contributed by atoms with E-state index in [4.69, 9.17) is 0 Å². The van der Waals surface area contributed by atoms with Crippen LogP contribution in [0.15, 0.2) is 19.0 Å². The molecule has 1 heterocycles. The van der Waals surface area contributed by atoms with Gasteiger partial charge in [-0.05, 0) is 31.7 Å². The molecular formula is C13H21N3O. The van der Waals surface area contributed by atoms with Gasteiger partial charge in [-0.3, -0.25) is 0 Å². The second-order valence-corrected chi connectivity index (χ2v) is 4.83. The van der Waals surface area contributed by atoms with E-state index in [0.717, 1.165) is 32.4 Å². The van der Waals surface area contributed by atoms with Crippen molar-refractivity contribution in [1.82, 2.24) is 15.1 Å². The quantitative estimate of drug-likeness (QED) is 0.815. The molecule has 0 amide bonds. The van der Waals surface area contributed by atoms with E-state index in [1.54, 1.807) is 10.9 Å². The van der Waals surface area contributed by atoms with E-state index in [9.17, 15) is 5.11 Å². The topological polar surface area (TPSA) is 50.1 Å². The largest absolute Gasteiger partial charge is 0.393 e. The first-order valence-electron chi connectivity index (χ1n) is 6.32. The fraction of sp³-hybridized carbons (Fsp3) is 0.615. The third-order valence-corrected chi connectivity index (χ3v) is 3.36. The normalized spacial score (nSPS) is 24.8. The van der Waals surface area contributed by atoms with E-state index < -0.39 is 0 Å². The summed E-state index contributed by atoms with van der Waals surface area (Å²) in [5.74, 6) is 0.619. The molecular weight excluding hydrogens is 214 g/mol. The Morgan fingerprint density at radius 3 is 3.18 bits per heavy atom. The molecule has 2 unspecified atom stereocenters. The van der Waals surface area contributed by atoms with Crippen molar-refractivity contribution in [2.75, 3.05) is 6.54 Å². The molecule has 4 nitrogen and oxygen atoms in total.